The van der Waals surface area contributed by atoms with Gasteiger partial charge in [0.05, 0.1) is 6.10 Å². The average molecular weight is 404 g/mol. The summed E-state index contributed by atoms with van der Waals surface area (Å²) in [5.74, 6) is 0.846. The van der Waals surface area contributed by atoms with E-state index in [1.807, 2.05) is 24.3 Å². The number of pyridine rings is 2. The van der Waals surface area contributed by atoms with Crippen LogP contribution in [-0.4, -0.2) is 70.6 Å². The lowest BCUT2D eigenvalue weighted by molar-refractivity contribution is 0.0946. The number of carbonyl (C=O) groups excluding carboxylic acids is 1. The second-order valence-electron chi connectivity index (χ2n) is 6.87. The molecular weight excluding hydrogens is 378 g/mol. The number of anilines is 1. The van der Waals surface area contributed by atoms with Gasteiger partial charge in [0.1, 0.15) is 11.5 Å². The molecule has 0 spiro atoms. The van der Waals surface area contributed by atoms with Crippen molar-refractivity contribution in [3.05, 3.63) is 54.0 Å². The van der Waals surface area contributed by atoms with Crippen molar-refractivity contribution in [2.24, 2.45) is 0 Å². The normalized spacial score (nSPS) is 16.4. The molecule has 2 N–H and O–H groups in total. The molecule has 0 radical (unpaired) electrons. The number of aliphatic hydroxyl groups excluding tert-OH is 1. The minimum Gasteiger partial charge on any atom is -0.391 e. The van der Waals surface area contributed by atoms with Crippen LogP contribution < -0.4 is 10.2 Å². The molecule has 7 nitrogen and oxygen atoms in total. The van der Waals surface area contributed by atoms with Gasteiger partial charge in [0.15, 0.2) is 0 Å². The Balaban J connectivity index is 1.58. The van der Waals surface area contributed by atoms with E-state index in [-0.39, 0.29) is 11.8 Å². The zero-order chi connectivity index (χ0) is 19.8. The summed E-state index contributed by atoms with van der Waals surface area (Å²) in [6, 6.07) is 9.28. The van der Waals surface area contributed by atoms with Crippen LogP contribution in [0.25, 0.3) is 0 Å². The number of aliphatic hydroxyl groups is 1. The molecule has 1 atom stereocenters. The number of hydrogen-bond acceptors (Lipinski definition) is 6. The maximum Gasteiger partial charge on any atom is 0.270 e. The zero-order valence-corrected chi connectivity index (χ0v) is 16.6. The first-order chi connectivity index (χ1) is 13.7. The molecular formula is C20H26ClN5O2. The van der Waals surface area contributed by atoms with Crippen LogP contribution in [0.2, 0.25) is 0 Å². The molecule has 0 aromatic carbocycles. The van der Waals surface area contributed by atoms with Crippen LogP contribution in [0, 0.1) is 0 Å². The number of nitrogens with zero attached hydrogens (tertiary/aromatic N) is 4. The number of carbonyl (C=O) groups is 1. The third-order valence-electron chi connectivity index (χ3n) is 4.70. The summed E-state index contributed by atoms with van der Waals surface area (Å²) in [6.45, 7) is 4.40. The van der Waals surface area contributed by atoms with Crippen molar-refractivity contribution in [3.63, 3.8) is 0 Å². The summed E-state index contributed by atoms with van der Waals surface area (Å²) >= 11 is 5.71. The molecule has 150 valence electrons. The van der Waals surface area contributed by atoms with E-state index in [0.29, 0.717) is 18.8 Å². The third kappa shape index (κ3) is 5.89. The van der Waals surface area contributed by atoms with Gasteiger partial charge in [0.2, 0.25) is 0 Å². The smallest absolute Gasteiger partial charge is 0.270 e. The Kier molecular flexibility index (Phi) is 7.59. The first kappa shape index (κ1) is 20.5. The Morgan fingerprint density at radius 3 is 2.89 bits per heavy atom. The standard InChI is InChI=1S/C20H26ClN5O2/c21-12-17(27)15-25-8-3-9-26(11-10-25)19-6-1-5-18(24-19)20(28)23-14-16-4-2-7-22-13-16/h1-2,4-7,13,17,27H,3,8-12,14-15H2,(H,23,28). The molecule has 2 aromatic rings. The van der Waals surface area contributed by atoms with E-state index in [4.69, 9.17) is 11.6 Å². The molecule has 1 aliphatic rings. The van der Waals surface area contributed by atoms with Gasteiger partial charge in [-0.1, -0.05) is 12.1 Å². The highest BCUT2D eigenvalue weighted by Crippen LogP contribution is 2.15. The zero-order valence-electron chi connectivity index (χ0n) is 15.8. The summed E-state index contributed by atoms with van der Waals surface area (Å²) in [4.78, 5) is 25.5. The number of rotatable bonds is 7. The van der Waals surface area contributed by atoms with Crippen molar-refractivity contribution in [2.45, 2.75) is 19.1 Å². The molecule has 2 aromatic heterocycles. The molecule has 1 fully saturated rings. The summed E-state index contributed by atoms with van der Waals surface area (Å²) in [7, 11) is 0. The van der Waals surface area contributed by atoms with Crippen molar-refractivity contribution >= 4 is 23.3 Å². The number of alkyl halides is 1. The molecule has 0 bridgehead atoms. The van der Waals surface area contributed by atoms with Gasteiger partial charge >= 0.3 is 0 Å². The highest BCUT2D eigenvalue weighted by molar-refractivity contribution is 6.18. The number of halogens is 1. The summed E-state index contributed by atoms with van der Waals surface area (Å²) in [6.07, 6.45) is 3.90. The first-order valence-electron chi connectivity index (χ1n) is 9.51. The minimum atomic E-state index is -0.502. The second kappa shape index (κ2) is 10.4. The lowest BCUT2D eigenvalue weighted by Crippen LogP contribution is -2.36. The largest absolute Gasteiger partial charge is 0.391 e. The highest BCUT2D eigenvalue weighted by atomic mass is 35.5. The van der Waals surface area contributed by atoms with E-state index < -0.39 is 6.10 Å². The monoisotopic (exact) mass is 403 g/mol. The van der Waals surface area contributed by atoms with Gasteiger partial charge in [-0.3, -0.25) is 14.7 Å². The SMILES string of the molecule is O=C(NCc1cccnc1)c1cccc(N2CCCN(CC(O)CCl)CC2)n1. The number of aromatic nitrogens is 2. The maximum atomic E-state index is 12.5. The van der Waals surface area contributed by atoms with Crippen molar-refractivity contribution in [1.82, 2.24) is 20.2 Å². The maximum absolute atomic E-state index is 12.5. The second-order valence-corrected chi connectivity index (χ2v) is 7.18. The van der Waals surface area contributed by atoms with Gasteiger partial charge in [-0.15, -0.1) is 11.6 Å². The molecule has 1 aliphatic heterocycles. The van der Waals surface area contributed by atoms with Crippen LogP contribution in [0.1, 0.15) is 22.5 Å². The Bertz CT molecular complexity index is 761. The van der Waals surface area contributed by atoms with E-state index >= 15 is 0 Å². The fourth-order valence-corrected chi connectivity index (χ4v) is 3.33. The Labute approximate surface area is 170 Å². The Hall–Kier alpha value is -2.22. The summed E-state index contributed by atoms with van der Waals surface area (Å²) in [5.41, 5.74) is 1.35. The highest BCUT2D eigenvalue weighted by Gasteiger charge is 2.19. The average Bonchev–Trinajstić information content (AvgIpc) is 2.98. The predicted molar refractivity (Wildman–Crippen MR) is 110 cm³/mol. The van der Waals surface area contributed by atoms with Crippen LogP contribution in [0.4, 0.5) is 5.82 Å². The van der Waals surface area contributed by atoms with E-state index in [2.05, 4.69) is 25.1 Å². The molecule has 1 unspecified atom stereocenters. The third-order valence-corrected chi connectivity index (χ3v) is 5.06. The molecule has 3 heterocycles. The Morgan fingerprint density at radius 1 is 1.21 bits per heavy atom. The summed E-state index contributed by atoms with van der Waals surface area (Å²) in [5, 5.41) is 12.7. The van der Waals surface area contributed by atoms with Crippen molar-refractivity contribution in [3.8, 4) is 0 Å². The minimum absolute atomic E-state index is 0.201. The van der Waals surface area contributed by atoms with Crippen molar-refractivity contribution in [1.29, 1.82) is 0 Å². The quantitative estimate of drug-likeness (QED) is 0.682. The fraction of sp³-hybridized carbons (Fsp3) is 0.450. The van der Waals surface area contributed by atoms with Crippen LogP contribution >= 0.6 is 11.6 Å². The van der Waals surface area contributed by atoms with Crippen molar-refractivity contribution < 1.29 is 9.90 Å². The lowest BCUT2D eigenvalue weighted by Gasteiger charge is -2.24. The van der Waals surface area contributed by atoms with Gasteiger partial charge in [0.25, 0.3) is 5.91 Å². The number of nitrogens with one attached hydrogen (secondary N) is 1. The molecule has 0 aliphatic carbocycles. The number of hydrogen-bond donors (Lipinski definition) is 2. The van der Waals surface area contributed by atoms with Crippen molar-refractivity contribution in [2.75, 3.05) is 43.5 Å². The fourth-order valence-electron chi connectivity index (χ4n) is 3.23. The van der Waals surface area contributed by atoms with Gasteiger partial charge in [-0.05, 0) is 36.7 Å². The van der Waals surface area contributed by atoms with Gasteiger partial charge in [-0.2, -0.15) is 0 Å². The molecule has 0 saturated carbocycles. The van der Waals surface area contributed by atoms with Gasteiger partial charge in [0, 0.05) is 51.0 Å². The topological polar surface area (TPSA) is 81.6 Å². The van der Waals surface area contributed by atoms with E-state index in [9.17, 15) is 9.90 Å². The Morgan fingerprint density at radius 2 is 2.11 bits per heavy atom. The van der Waals surface area contributed by atoms with E-state index in [1.165, 1.54) is 0 Å². The van der Waals surface area contributed by atoms with Crippen LogP contribution in [0.3, 0.4) is 0 Å². The molecule has 3 rings (SSSR count). The predicted octanol–water partition coefficient (Wildman–Crippen LogP) is 1.52. The molecule has 1 saturated heterocycles. The number of β-amino-alcohol motifs (C(OH)–C–C–N with tert-alkyl or cyclic N) is 1. The first-order valence-corrected chi connectivity index (χ1v) is 10.0. The van der Waals surface area contributed by atoms with Gasteiger partial charge < -0.3 is 15.3 Å². The van der Waals surface area contributed by atoms with E-state index in [1.54, 1.807) is 18.5 Å². The number of amides is 1. The summed E-state index contributed by atoms with van der Waals surface area (Å²) < 4.78 is 0. The molecule has 8 heteroatoms. The lowest BCUT2D eigenvalue weighted by atomic mass is 10.2. The van der Waals surface area contributed by atoms with Crippen LogP contribution in [0.15, 0.2) is 42.7 Å². The molecule has 28 heavy (non-hydrogen) atoms. The molecule has 1 amide bonds. The van der Waals surface area contributed by atoms with E-state index in [0.717, 1.165) is 44.0 Å². The van der Waals surface area contributed by atoms with Gasteiger partial charge in [-0.25, -0.2) is 4.98 Å². The van der Waals surface area contributed by atoms with Crippen LogP contribution in [-0.2, 0) is 6.54 Å². The van der Waals surface area contributed by atoms with Crippen LogP contribution in [0.5, 0.6) is 0 Å².